The van der Waals surface area contributed by atoms with Crippen molar-refractivity contribution in [2.24, 2.45) is 17.6 Å². The molecule has 1 aromatic carbocycles. The highest BCUT2D eigenvalue weighted by molar-refractivity contribution is 5.67. The van der Waals surface area contributed by atoms with Crippen LogP contribution in [0.15, 0.2) is 30.6 Å². The van der Waals surface area contributed by atoms with Crippen LogP contribution in [-0.4, -0.2) is 65.9 Å². The molecule has 2 N–H and O–H groups in total. The maximum absolute atomic E-state index is 14.2. The first-order valence-electron chi connectivity index (χ1n) is 13.6. The molecule has 0 aliphatic carbocycles. The number of ether oxygens (including phenoxy) is 2. The molecule has 0 saturated carbocycles. The minimum Gasteiger partial charge on any atom is -0.490 e. The fourth-order valence-corrected chi connectivity index (χ4v) is 5.42. The van der Waals surface area contributed by atoms with Crippen LogP contribution in [0.25, 0.3) is 0 Å². The van der Waals surface area contributed by atoms with E-state index in [1.54, 1.807) is 17.3 Å². The number of aromatic nitrogens is 2. The first-order valence-corrected chi connectivity index (χ1v) is 13.6. The highest BCUT2D eigenvalue weighted by Crippen LogP contribution is 2.31. The second kappa shape index (κ2) is 12.7. The van der Waals surface area contributed by atoms with Crippen LogP contribution in [0.1, 0.15) is 57.9 Å². The van der Waals surface area contributed by atoms with Gasteiger partial charge in [-0.3, -0.25) is 0 Å². The largest absolute Gasteiger partial charge is 0.490 e. The van der Waals surface area contributed by atoms with Crippen molar-refractivity contribution in [1.29, 1.82) is 0 Å². The molecule has 8 nitrogen and oxygen atoms in total. The fraction of sp³-hybridized carbons (Fsp3) is 0.607. The summed E-state index contributed by atoms with van der Waals surface area (Å²) < 4.78 is 39.1. The predicted molar refractivity (Wildman–Crippen MR) is 141 cm³/mol. The molecular formula is C28H39F2N5O3. The number of benzene rings is 1. The summed E-state index contributed by atoms with van der Waals surface area (Å²) in [5.41, 5.74) is 6.68. The van der Waals surface area contributed by atoms with Gasteiger partial charge in [-0.15, -0.1) is 0 Å². The van der Waals surface area contributed by atoms with Gasteiger partial charge in [0.05, 0.1) is 25.1 Å². The molecule has 2 aliphatic heterocycles. The number of piperidine rings is 2. The quantitative estimate of drug-likeness (QED) is 0.526. The minimum absolute atomic E-state index is 0.100. The Labute approximate surface area is 223 Å². The highest BCUT2D eigenvalue weighted by atomic mass is 19.1. The van der Waals surface area contributed by atoms with Crippen molar-refractivity contribution in [3.05, 3.63) is 47.8 Å². The Kier molecular flexibility index (Phi) is 9.35. The van der Waals surface area contributed by atoms with Crippen LogP contribution in [0.5, 0.6) is 5.75 Å². The summed E-state index contributed by atoms with van der Waals surface area (Å²) in [7, 11) is 0. The molecule has 0 radical (unpaired) electrons. The molecule has 3 atom stereocenters. The lowest BCUT2D eigenvalue weighted by Crippen LogP contribution is -2.48. The molecule has 3 unspecified atom stereocenters. The molecule has 4 rings (SSSR count). The number of likely N-dealkylation sites (tertiary alicyclic amines) is 1. The average Bonchev–Trinajstić information content (AvgIpc) is 2.90. The van der Waals surface area contributed by atoms with Gasteiger partial charge in [-0.05, 0) is 75.1 Å². The van der Waals surface area contributed by atoms with E-state index in [1.807, 2.05) is 18.7 Å². The second-order valence-corrected chi connectivity index (χ2v) is 10.8. The zero-order valence-electron chi connectivity index (χ0n) is 22.5. The molecule has 38 heavy (non-hydrogen) atoms. The number of nitrogens with zero attached hydrogens (tertiary/aromatic N) is 4. The lowest BCUT2D eigenvalue weighted by atomic mass is 9.84. The van der Waals surface area contributed by atoms with Gasteiger partial charge in [0.1, 0.15) is 11.6 Å². The lowest BCUT2D eigenvalue weighted by molar-refractivity contribution is 0.0596. The molecular weight excluding hydrogens is 492 g/mol. The van der Waals surface area contributed by atoms with E-state index in [0.717, 1.165) is 44.5 Å². The molecule has 0 spiro atoms. The van der Waals surface area contributed by atoms with Gasteiger partial charge in [0.15, 0.2) is 5.75 Å². The SMILES string of the molecule is CC(C)OC(=O)N1CCC(C(C)CCOc2cnc(N3CCC(c4cc(F)ccc4F)C(N)C3)nc2)CC1. The van der Waals surface area contributed by atoms with E-state index < -0.39 is 11.6 Å². The third kappa shape index (κ3) is 7.09. The number of hydrogen-bond donors (Lipinski definition) is 1. The molecule has 10 heteroatoms. The lowest BCUT2D eigenvalue weighted by Gasteiger charge is -2.37. The van der Waals surface area contributed by atoms with Crippen LogP contribution in [0, 0.1) is 23.5 Å². The zero-order valence-corrected chi connectivity index (χ0v) is 22.5. The van der Waals surface area contributed by atoms with E-state index in [2.05, 4.69) is 16.9 Å². The fourth-order valence-electron chi connectivity index (χ4n) is 5.42. The van der Waals surface area contributed by atoms with Gasteiger partial charge in [0, 0.05) is 38.1 Å². The number of halogens is 2. The Morgan fingerprint density at radius 2 is 1.82 bits per heavy atom. The summed E-state index contributed by atoms with van der Waals surface area (Å²) in [6.45, 7) is 9.04. The Hall–Kier alpha value is -3.01. The Morgan fingerprint density at radius 1 is 1.11 bits per heavy atom. The smallest absolute Gasteiger partial charge is 0.410 e. The molecule has 1 amide bonds. The van der Waals surface area contributed by atoms with Crippen LogP contribution < -0.4 is 15.4 Å². The normalized spacial score (nSPS) is 21.4. The molecule has 1 aromatic heterocycles. The number of amides is 1. The summed E-state index contributed by atoms with van der Waals surface area (Å²) >= 11 is 0. The van der Waals surface area contributed by atoms with Gasteiger partial charge < -0.3 is 25.0 Å². The standard InChI is InChI=1S/C28H39F2N5O3/c1-18(2)38-28(36)34-10-6-20(7-11-34)19(3)9-13-37-22-15-32-27(33-16-22)35-12-8-23(26(31)17-35)24-14-21(29)4-5-25(24)30/h4-5,14-16,18-20,23,26H,6-13,17,31H2,1-3H3. The van der Waals surface area contributed by atoms with E-state index in [4.69, 9.17) is 15.2 Å². The van der Waals surface area contributed by atoms with Gasteiger partial charge in [0.2, 0.25) is 5.95 Å². The van der Waals surface area contributed by atoms with Crippen LogP contribution in [0.2, 0.25) is 0 Å². The highest BCUT2D eigenvalue weighted by Gasteiger charge is 2.31. The van der Waals surface area contributed by atoms with Crippen molar-refractivity contribution in [3.63, 3.8) is 0 Å². The zero-order chi connectivity index (χ0) is 27.2. The first-order chi connectivity index (χ1) is 18.2. The van der Waals surface area contributed by atoms with Crippen LogP contribution >= 0.6 is 0 Å². The van der Waals surface area contributed by atoms with Gasteiger partial charge in [-0.25, -0.2) is 23.5 Å². The minimum atomic E-state index is -0.460. The van der Waals surface area contributed by atoms with Crippen molar-refractivity contribution in [2.75, 3.05) is 37.7 Å². The van der Waals surface area contributed by atoms with Crippen LogP contribution in [0.3, 0.4) is 0 Å². The maximum Gasteiger partial charge on any atom is 0.410 e. The number of carbonyl (C=O) groups is 1. The van der Waals surface area contributed by atoms with Crippen molar-refractivity contribution in [2.45, 2.75) is 64.5 Å². The van der Waals surface area contributed by atoms with E-state index in [1.165, 1.54) is 6.07 Å². The molecule has 208 valence electrons. The topological polar surface area (TPSA) is 93.8 Å². The van der Waals surface area contributed by atoms with Gasteiger partial charge >= 0.3 is 6.09 Å². The third-order valence-electron chi connectivity index (χ3n) is 7.69. The number of nitrogens with two attached hydrogens (primary N) is 1. The Balaban J connectivity index is 1.20. The monoisotopic (exact) mass is 531 g/mol. The molecule has 2 aliphatic rings. The van der Waals surface area contributed by atoms with Crippen LogP contribution in [-0.2, 0) is 4.74 Å². The van der Waals surface area contributed by atoms with E-state index in [-0.39, 0.29) is 24.2 Å². The second-order valence-electron chi connectivity index (χ2n) is 10.8. The van der Waals surface area contributed by atoms with E-state index in [0.29, 0.717) is 55.2 Å². The third-order valence-corrected chi connectivity index (χ3v) is 7.69. The number of anilines is 1. The van der Waals surface area contributed by atoms with Gasteiger partial charge in [-0.1, -0.05) is 6.92 Å². The summed E-state index contributed by atoms with van der Waals surface area (Å²) in [4.78, 5) is 24.8. The van der Waals surface area contributed by atoms with Gasteiger partial charge in [0.25, 0.3) is 0 Å². The molecule has 2 fully saturated rings. The van der Waals surface area contributed by atoms with Crippen LogP contribution in [0.4, 0.5) is 19.5 Å². The number of hydrogen-bond acceptors (Lipinski definition) is 7. The molecule has 2 aromatic rings. The molecule has 0 bridgehead atoms. The summed E-state index contributed by atoms with van der Waals surface area (Å²) in [5.74, 6) is 1.03. The van der Waals surface area contributed by atoms with E-state index in [9.17, 15) is 13.6 Å². The molecule has 2 saturated heterocycles. The summed E-state index contributed by atoms with van der Waals surface area (Å²) in [6.07, 6.45) is 6.43. The Bertz CT molecular complexity index is 1060. The molecule has 3 heterocycles. The average molecular weight is 532 g/mol. The van der Waals surface area contributed by atoms with Crippen molar-refractivity contribution >= 4 is 12.0 Å². The Morgan fingerprint density at radius 3 is 2.47 bits per heavy atom. The summed E-state index contributed by atoms with van der Waals surface area (Å²) in [5, 5.41) is 0. The van der Waals surface area contributed by atoms with Crippen molar-refractivity contribution < 1.29 is 23.0 Å². The van der Waals surface area contributed by atoms with Crippen molar-refractivity contribution in [3.8, 4) is 5.75 Å². The predicted octanol–water partition coefficient (Wildman–Crippen LogP) is 4.74. The maximum atomic E-state index is 14.2. The van der Waals surface area contributed by atoms with Crippen molar-refractivity contribution in [1.82, 2.24) is 14.9 Å². The number of rotatable bonds is 8. The summed E-state index contributed by atoms with van der Waals surface area (Å²) in [6, 6.07) is 3.15. The number of carbonyl (C=O) groups excluding carboxylic acids is 1. The first kappa shape index (κ1) is 28.0. The van der Waals surface area contributed by atoms with Gasteiger partial charge in [-0.2, -0.15) is 0 Å². The van der Waals surface area contributed by atoms with E-state index >= 15 is 0 Å².